The monoisotopic (exact) mass is 397 g/mol. The van der Waals surface area contributed by atoms with E-state index in [1.807, 2.05) is 31.2 Å². The summed E-state index contributed by atoms with van der Waals surface area (Å²) in [6.45, 7) is 6.87. The molecule has 0 heterocycles. The fourth-order valence-corrected chi connectivity index (χ4v) is 3.38. The van der Waals surface area contributed by atoms with Gasteiger partial charge in [0.15, 0.2) is 0 Å². The largest absolute Gasteiger partial charge is 0.322 e. The lowest BCUT2D eigenvalue weighted by Crippen LogP contribution is -2.19. The summed E-state index contributed by atoms with van der Waals surface area (Å²) in [4.78, 5) is 12.6. The molecule has 0 fully saturated rings. The fraction of sp³-hybridized carbons (Fsp3) is 0.278. The quantitative estimate of drug-likeness (QED) is 0.697. The molecule has 0 bridgehead atoms. The normalized spacial score (nSPS) is 10.9. The molecule has 0 aliphatic carbocycles. The highest BCUT2D eigenvalue weighted by Crippen LogP contribution is 2.22. The van der Waals surface area contributed by atoms with Gasteiger partial charge >= 0.3 is 0 Å². The molecule has 142 valence electrons. The summed E-state index contributed by atoms with van der Waals surface area (Å²) in [5.41, 5.74) is 3.13. The lowest BCUT2D eigenvalue weighted by Gasteiger charge is -2.13. The van der Waals surface area contributed by atoms with Gasteiger partial charge in [0.25, 0.3) is 5.91 Å². The number of rotatable bonds is 6. The Morgan fingerprint density at radius 2 is 1.81 bits per heavy atom. The van der Waals surface area contributed by atoms with Crippen LogP contribution in [-0.2, 0) is 16.6 Å². The molecule has 1 amide bonds. The Kier molecular flexibility index (Phi) is 7.77. The molecule has 0 radical (unpaired) electrons. The van der Waals surface area contributed by atoms with Crippen LogP contribution in [0.25, 0.3) is 0 Å². The van der Waals surface area contributed by atoms with Gasteiger partial charge in [-0.15, -0.1) is 12.4 Å². The van der Waals surface area contributed by atoms with Crippen molar-refractivity contribution < 1.29 is 13.2 Å². The smallest absolute Gasteiger partial charge is 0.255 e. The molecule has 6 nitrogen and oxygen atoms in total. The van der Waals surface area contributed by atoms with Crippen LogP contribution in [0.2, 0.25) is 0 Å². The minimum absolute atomic E-state index is 0. The number of carbonyl (C=O) groups excluding carboxylic acids is 1. The van der Waals surface area contributed by atoms with Crippen molar-refractivity contribution in [2.45, 2.75) is 32.2 Å². The van der Waals surface area contributed by atoms with Gasteiger partial charge < -0.3 is 10.6 Å². The molecule has 2 aromatic carbocycles. The molecule has 8 heteroatoms. The third-order valence-electron chi connectivity index (χ3n) is 4.02. The number of hydrogen-bond acceptors (Lipinski definition) is 4. The van der Waals surface area contributed by atoms with Gasteiger partial charge in [-0.2, -0.15) is 0 Å². The molecule has 4 N–H and O–H groups in total. The number of benzene rings is 2. The van der Waals surface area contributed by atoms with Crippen molar-refractivity contribution in [2.24, 2.45) is 5.14 Å². The summed E-state index contributed by atoms with van der Waals surface area (Å²) >= 11 is 0. The van der Waals surface area contributed by atoms with E-state index in [0.717, 1.165) is 12.1 Å². The highest BCUT2D eigenvalue weighted by atomic mass is 35.5. The number of nitrogens with two attached hydrogens (primary N) is 1. The van der Waals surface area contributed by atoms with Crippen molar-refractivity contribution in [1.29, 1.82) is 0 Å². The summed E-state index contributed by atoms with van der Waals surface area (Å²) in [5.74, 6) is -0.378. The Hall–Kier alpha value is -1.93. The first kappa shape index (κ1) is 22.1. The zero-order valence-electron chi connectivity index (χ0n) is 15.0. The van der Waals surface area contributed by atoms with Gasteiger partial charge in [-0.3, -0.25) is 4.79 Å². The van der Waals surface area contributed by atoms with Gasteiger partial charge in [-0.25, -0.2) is 13.6 Å². The molecule has 0 unspecified atom stereocenters. The maximum atomic E-state index is 12.6. The van der Waals surface area contributed by atoms with Crippen LogP contribution < -0.4 is 15.8 Å². The molecule has 0 saturated carbocycles. The van der Waals surface area contributed by atoms with Crippen LogP contribution in [0.3, 0.4) is 0 Å². The van der Waals surface area contributed by atoms with Crippen molar-refractivity contribution in [1.82, 2.24) is 5.32 Å². The summed E-state index contributed by atoms with van der Waals surface area (Å²) in [6, 6.07) is 10.4. The second-order valence-electron chi connectivity index (χ2n) is 5.85. The topological polar surface area (TPSA) is 101 Å². The molecule has 2 rings (SSSR count). The standard InChI is InChI=1S/C18H23N3O3S.ClH/c1-4-20-11-14-7-5-6-8-16(14)21-18(22)15-9-12(2)13(3)17(10-15)25(19,23)24;/h5-10,20H,4,11H2,1-3H3,(H,21,22)(H2,19,23,24);1H. The minimum atomic E-state index is -3.90. The van der Waals surface area contributed by atoms with Crippen LogP contribution in [0.15, 0.2) is 41.3 Å². The Morgan fingerprint density at radius 3 is 2.42 bits per heavy atom. The van der Waals surface area contributed by atoms with E-state index in [-0.39, 0.29) is 28.8 Å². The number of nitrogens with one attached hydrogen (secondary N) is 2. The molecule has 0 aromatic heterocycles. The Bertz CT molecular complexity index is 899. The van der Waals surface area contributed by atoms with E-state index in [1.165, 1.54) is 6.07 Å². The van der Waals surface area contributed by atoms with Gasteiger partial charge in [-0.1, -0.05) is 25.1 Å². The number of aryl methyl sites for hydroxylation is 1. The summed E-state index contributed by atoms with van der Waals surface area (Å²) in [6.07, 6.45) is 0. The predicted molar refractivity (Wildman–Crippen MR) is 106 cm³/mol. The van der Waals surface area contributed by atoms with Crippen LogP contribution in [0.5, 0.6) is 0 Å². The fourth-order valence-electron chi connectivity index (χ4n) is 2.50. The van der Waals surface area contributed by atoms with Gasteiger partial charge in [0.2, 0.25) is 10.0 Å². The number of amides is 1. The van der Waals surface area contributed by atoms with Crippen LogP contribution in [0.4, 0.5) is 5.69 Å². The summed E-state index contributed by atoms with van der Waals surface area (Å²) in [5, 5.41) is 11.3. The Labute approximate surface area is 160 Å². The lowest BCUT2D eigenvalue weighted by molar-refractivity contribution is 0.102. The van der Waals surface area contributed by atoms with Crippen molar-refractivity contribution in [3.05, 3.63) is 58.7 Å². The van der Waals surface area contributed by atoms with E-state index in [0.29, 0.717) is 23.4 Å². The van der Waals surface area contributed by atoms with E-state index >= 15 is 0 Å². The second-order valence-corrected chi connectivity index (χ2v) is 7.38. The average molecular weight is 398 g/mol. The molecular formula is C18H24ClN3O3S. The van der Waals surface area contributed by atoms with Crippen molar-refractivity contribution in [3.63, 3.8) is 0 Å². The molecule has 2 aromatic rings. The number of carbonyl (C=O) groups is 1. The number of hydrogen-bond donors (Lipinski definition) is 3. The number of anilines is 1. The lowest BCUT2D eigenvalue weighted by atomic mass is 10.1. The zero-order chi connectivity index (χ0) is 18.6. The van der Waals surface area contributed by atoms with E-state index in [9.17, 15) is 13.2 Å². The molecule has 0 spiro atoms. The van der Waals surface area contributed by atoms with Gasteiger partial charge in [0.05, 0.1) is 4.90 Å². The molecule has 26 heavy (non-hydrogen) atoms. The highest BCUT2D eigenvalue weighted by molar-refractivity contribution is 7.89. The summed E-state index contributed by atoms with van der Waals surface area (Å²) in [7, 11) is -3.90. The first-order valence-corrected chi connectivity index (χ1v) is 9.52. The van der Waals surface area contributed by atoms with E-state index in [2.05, 4.69) is 10.6 Å². The van der Waals surface area contributed by atoms with E-state index < -0.39 is 10.0 Å². The van der Waals surface area contributed by atoms with Crippen LogP contribution in [-0.4, -0.2) is 20.9 Å². The number of primary sulfonamides is 1. The predicted octanol–water partition coefficient (Wildman–Crippen LogP) is 2.73. The van der Waals surface area contributed by atoms with Crippen LogP contribution in [0, 0.1) is 13.8 Å². The summed E-state index contributed by atoms with van der Waals surface area (Å²) < 4.78 is 23.5. The van der Waals surface area contributed by atoms with E-state index in [4.69, 9.17) is 5.14 Å². The van der Waals surface area contributed by atoms with Crippen LogP contribution in [0.1, 0.15) is 34.0 Å². The van der Waals surface area contributed by atoms with Gasteiger partial charge in [0.1, 0.15) is 0 Å². The first-order valence-electron chi connectivity index (χ1n) is 7.98. The minimum Gasteiger partial charge on any atom is -0.322 e. The van der Waals surface area contributed by atoms with Gasteiger partial charge in [-0.05, 0) is 55.3 Å². The number of sulfonamides is 1. The Morgan fingerprint density at radius 1 is 1.15 bits per heavy atom. The number of para-hydroxylation sites is 1. The van der Waals surface area contributed by atoms with Gasteiger partial charge in [0, 0.05) is 17.8 Å². The highest BCUT2D eigenvalue weighted by Gasteiger charge is 2.18. The third-order valence-corrected chi connectivity index (χ3v) is 5.06. The molecule has 0 aliphatic heterocycles. The maximum absolute atomic E-state index is 12.6. The molecule has 0 atom stereocenters. The van der Waals surface area contributed by atoms with E-state index in [1.54, 1.807) is 19.9 Å². The number of halogens is 1. The second kappa shape index (κ2) is 9.14. The molecular weight excluding hydrogens is 374 g/mol. The zero-order valence-corrected chi connectivity index (χ0v) is 16.6. The van der Waals surface area contributed by atoms with Crippen molar-refractivity contribution in [3.8, 4) is 0 Å². The molecule has 0 saturated heterocycles. The molecule has 0 aliphatic rings. The SMILES string of the molecule is CCNCc1ccccc1NC(=O)c1cc(C)c(C)c(S(N)(=O)=O)c1.Cl. The first-order chi connectivity index (χ1) is 11.7. The third kappa shape index (κ3) is 5.28. The Balaban J connectivity index is 0.00000338. The van der Waals surface area contributed by atoms with Crippen molar-refractivity contribution >= 4 is 34.0 Å². The van der Waals surface area contributed by atoms with Crippen LogP contribution >= 0.6 is 12.4 Å². The maximum Gasteiger partial charge on any atom is 0.255 e. The van der Waals surface area contributed by atoms with Crippen molar-refractivity contribution in [2.75, 3.05) is 11.9 Å². The average Bonchev–Trinajstić information content (AvgIpc) is 2.55.